The van der Waals surface area contributed by atoms with E-state index in [1.165, 1.54) is 0 Å². The van der Waals surface area contributed by atoms with Gasteiger partial charge in [0.1, 0.15) is 6.04 Å². The van der Waals surface area contributed by atoms with E-state index >= 15 is 0 Å². The van der Waals surface area contributed by atoms with Gasteiger partial charge in [-0.05, 0) is 19.3 Å². The number of piperidine rings is 1. The van der Waals surface area contributed by atoms with Crippen LogP contribution in [0.5, 0.6) is 0 Å². The van der Waals surface area contributed by atoms with Crippen LogP contribution >= 0.6 is 0 Å². The zero-order chi connectivity index (χ0) is 11.3. The van der Waals surface area contributed by atoms with Gasteiger partial charge in [-0.2, -0.15) is 0 Å². The van der Waals surface area contributed by atoms with E-state index in [9.17, 15) is 9.59 Å². The number of hydrogen-bond acceptors (Lipinski definition) is 3. The summed E-state index contributed by atoms with van der Waals surface area (Å²) in [5.41, 5.74) is 1.08. The summed E-state index contributed by atoms with van der Waals surface area (Å²) in [4.78, 5) is 22.4. The first kappa shape index (κ1) is 11.8. The average Bonchev–Trinajstić information content (AvgIpc) is 2.21. The summed E-state index contributed by atoms with van der Waals surface area (Å²) in [5.74, 6) is -0.378. The number of rotatable bonds is 4. The maximum atomic E-state index is 11.4. The van der Waals surface area contributed by atoms with Crippen LogP contribution in [0, 0.1) is 0 Å². The van der Waals surface area contributed by atoms with Crippen molar-refractivity contribution in [2.24, 2.45) is 0 Å². The third-order valence-electron chi connectivity index (χ3n) is 2.43. The Morgan fingerprint density at radius 2 is 2.27 bits per heavy atom. The quantitative estimate of drug-likeness (QED) is 0.683. The zero-order valence-corrected chi connectivity index (χ0v) is 9.30. The first-order valence-corrected chi connectivity index (χ1v) is 5.46. The zero-order valence-electron chi connectivity index (χ0n) is 9.30. The Bertz CT molecular complexity index is 284. The fourth-order valence-corrected chi connectivity index (χ4v) is 1.61. The number of allylic oxidation sites excluding steroid dienone is 2. The molecule has 0 bridgehead atoms. The van der Waals surface area contributed by atoms with Gasteiger partial charge in [-0.15, -0.1) is 0 Å². The first-order valence-electron chi connectivity index (χ1n) is 5.46. The Labute approximate surface area is 90.1 Å². The summed E-state index contributed by atoms with van der Waals surface area (Å²) in [7, 11) is 0. The van der Waals surface area contributed by atoms with Crippen molar-refractivity contribution in [3.63, 3.8) is 0 Å². The van der Waals surface area contributed by atoms with Crippen LogP contribution in [0.2, 0.25) is 0 Å². The van der Waals surface area contributed by atoms with E-state index in [0.717, 1.165) is 18.5 Å². The predicted octanol–water partition coefficient (Wildman–Crippen LogP) is 1.09. The van der Waals surface area contributed by atoms with Crippen molar-refractivity contribution in [3.8, 4) is 0 Å². The number of hydrogen-bond donors (Lipinski definition) is 2. The average molecular weight is 210 g/mol. The highest BCUT2D eigenvalue weighted by molar-refractivity contribution is 6.00. The van der Waals surface area contributed by atoms with Crippen LogP contribution in [0.15, 0.2) is 11.8 Å². The maximum Gasteiger partial charge on any atom is 0.249 e. The summed E-state index contributed by atoms with van der Waals surface area (Å²) in [6, 6.07) is -0.250. The lowest BCUT2D eigenvalue weighted by atomic mass is 10.1. The molecule has 1 unspecified atom stereocenters. The highest BCUT2D eigenvalue weighted by Gasteiger charge is 2.26. The first-order chi connectivity index (χ1) is 7.17. The number of nitrogens with one attached hydrogen (secondary N) is 2. The van der Waals surface area contributed by atoms with E-state index in [4.69, 9.17) is 0 Å². The molecule has 2 amide bonds. The van der Waals surface area contributed by atoms with Crippen LogP contribution in [0.3, 0.4) is 0 Å². The van der Waals surface area contributed by atoms with Gasteiger partial charge in [0.05, 0.1) is 0 Å². The molecule has 0 aromatic carbocycles. The molecule has 0 spiro atoms. The Morgan fingerprint density at radius 1 is 1.53 bits per heavy atom. The van der Waals surface area contributed by atoms with E-state index in [1.54, 1.807) is 0 Å². The number of carbonyl (C=O) groups excluding carboxylic acids is 2. The van der Waals surface area contributed by atoms with Crippen LogP contribution in [-0.4, -0.2) is 17.9 Å². The lowest BCUT2D eigenvalue weighted by Gasteiger charge is -2.23. The van der Waals surface area contributed by atoms with E-state index < -0.39 is 0 Å². The molecule has 15 heavy (non-hydrogen) atoms. The van der Waals surface area contributed by atoms with Gasteiger partial charge in [0.2, 0.25) is 11.8 Å². The predicted molar refractivity (Wildman–Crippen MR) is 58.0 cm³/mol. The lowest BCUT2D eigenvalue weighted by Crippen LogP contribution is -2.50. The van der Waals surface area contributed by atoms with Crippen LogP contribution in [-0.2, 0) is 9.59 Å². The molecule has 0 aromatic heterocycles. The standard InChI is InChI=1S/C11H18N2O2/c1-3-5-8(4-2)12-9-6-7-10(14)13-11(9)15/h5,9,12H,3-4,6-7H2,1-2H3,(H,13,14,15)/b8-5+. The fraction of sp³-hybridized carbons (Fsp3) is 0.636. The molecule has 2 N–H and O–H groups in total. The van der Waals surface area contributed by atoms with E-state index in [1.807, 2.05) is 6.92 Å². The fourth-order valence-electron chi connectivity index (χ4n) is 1.61. The van der Waals surface area contributed by atoms with Gasteiger partial charge in [-0.1, -0.05) is 19.9 Å². The summed E-state index contributed by atoms with van der Waals surface area (Å²) in [6.45, 7) is 4.10. The molecular weight excluding hydrogens is 192 g/mol. The van der Waals surface area contributed by atoms with Crippen LogP contribution in [0.1, 0.15) is 39.5 Å². The second kappa shape index (κ2) is 5.53. The van der Waals surface area contributed by atoms with Crippen LogP contribution in [0.4, 0.5) is 0 Å². The molecule has 1 aliphatic heterocycles. The number of carbonyl (C=O) groups is 2. The summed E-state index contributed by atoms with van der Waals surface area (Å²) in [6.07, 6.45) is 4.91. The molecule has 0 aliphatic carbocycles. The Balaban J connectivity index is 2.54. The molecule has 4 heteroatoms. The summed E-state index contributed by atoms with van der Waals surface area (Å²) >= 11 is 0. The molecule has 0 aromatic rings. The summed E-state index contributed by atoms with van der Waals surface area (Å²) in [5, 5.41) is 5.51. The molecule has 4 nitrogen and oxygen atoms in total. The number of imide groups is 1. The lowest BCUT2D eigenvalue weighted by molar-refractivity contribution is -0.134. The summed E-state index contributed by atoms with van der Waals surface area (Å²) < 4.78 is 0. The highest BCUT2D eigenvalue weighted by Crippen LogP contribution is 2.08. The van der Waals surface area contributed by atoms with E-state index in [2.05, 4.69) is 23.6 Å². The van der Waals surface area contributed by atoms with Crippen LogP contribution < -0.4 is 10.6 Å². The molecular formula is C11H18N2O2. The van der Waals surface area contributed by atoms with Gasteiger partial charge < -0.3 is 5.32 Å². The van der Waals surface area contributed by atoms with E-state index in [0.29, 0.717) is 12.8 Å². The minimum Gasteiger partial charge on any atom is -0.377 e. The molecule has 0 saturated carbocycles. The molecule has 1 rings (SSSR count). The molecule has 1 saturated heterocycles. The topological polar surface area (TPSA) is 58.2 Å². The van der Waals surface area contributed by atoms with Crippen molar-refractivity contribution in [2.45, 2.75) is 45.6 Å². The third-order valence-corrected chi connectivity index (χ3v) is 2.43. The van der Waals surface area contributed by atoms with Gasteiger partial charge in [-0.25, -0.2) is 0 Å². The minimum absolute atomic E-state index is 0.171. The Hall–Kier alpha value is -1.32. The normalized spacial score (nSPS) is 22.5. The maximum absolute atomic E-state index is 11.4. The third kappa shape index (κ3) is 3.38. The molecule has 84 valence electrons. The van der Waals surface area contributed by atoms with Crippen molar-refractivity contribution in [3.05, 3.63) is 11.8 Å². The highest BCUT2D eigenvalue weighted by atomic mass is 16.2. The molecule has 1 aliphatic rings. The smallest absolute Gasteiger partial charge is 0.249 e. The molecule has 1 fully saturated rings. The SMILES string of the molecule is CC/C=C(\CC)NC1CCC(=O)NC1=O. The van der Waals surface area contributed by atoms with Crippen molar-refractivity contribution in [2.75, 3.05) is 0 Å². The molecule has 1 atom stereocenters. The van der Waals surface area contributed by atoms with Gasteiger partial charge in [0.25, 0.3) is 0 Å². The largest absolute Gasteiger partial charge is 0.377 e. The monoisotopic (exact) mass is 210 g/mol. The van der Waals surface area contributed by atoms with E-state index in [-0.39, 0.29) is 17.9 Å². The van der Waals surface area contributed by atoms with Gasteiger partial charge in [0.15, 0.2) is 0 Å². The Kier molecular flexibility index (Phi) is 4.34. The van der Waals surface area contributed by atoms with Crippen molar-refractivity contribution in [1.82, 2.24) is 10.6 Å². The van der Waals surface area contributed by atoms with Crippen LogP contribution in [0.25, 0.3) is 0 Å². The molecule has 0 radical (unpaired) electrons. The second-order valence-corrected chi connectivity index (χ2v) is 3.64. The van der Waals surface area contributed by atoms with Crippen molar-refractivity contribution >= 4 is 11.8 Å². The second-order valence-electron chi connectivity index (χ2n) is 3.64. The van der Waals surface area contributed by atoms with Crippen molar-refractivity contribution in [1.29, 1.82) is 0 Å². The van der Waals surface area contributed by atoms with Gasteiger partial charge >= 0.3 is 0 Å². The minimum atomic E-state index is -0.250. The number of amides is 2. The van der Waals surface area contributed by atoms with Crippen molar-refractivity contribution < 1.29 is 9.59 Å². The molecule has 1 heterocycles. The van der Waals surface area contributed by atoms with Gasteiger partial charge in [-0.3, -0.25) is 14.9 Å². The Morgan fingerprint density at radius 3 is 2.80 bits per heavy atom. The van der Waals surface area contributed by atoms with Gasteiger partial charge in [0, 0.05) is 12.1 Å².